The van der Waals surface area contributed by atoms with E-state index in [0.717, 1.165) is 5.47 Å². The van der Waals surface area contributed by atoms with Gasteiger partial charge in [0.1, 0.15) is 0 Å². The van der Waals surface area contributed by atoms with Crippen LogP contribution >= 0.6 is 0 Å². The Balaban J connectivity index is 2.82. The van der Waals surface area contributed by atoms with Crippen molar-refractivity contribution in [3.05, 3.63) is 11.5 Å². The summed E-state index contributed by atoms with van der Waals surface area (Å²) >= 11 is 0. The third-order valence-corrected chi connectivity index (χ3v) is 3.08. The Morgan fingerprint density at radius 3 is 1.77 bits per heavy atom. The van der Waals surface area contributed by atoms with Crippen LogP contribution in [0, 0.1) is 0 Å². The number of allylic oxidation sites excluding steroid dienone is 2. The van der Waals surface area contributed by atoms with Crippen LogP contribution < -0.4 is 0 Å². The van der Waals surface area contributed by atoms with Gasteiger partial charge in [-0.2, -0.15) is 0 Å². The van der Waals surface area contributed by atoms with E-state index in [1.165, 1.54) is 0 Å². The first-order valence-electron chi connectivity index (χ1n) is 4.78. The van der Waals surface area contributed by atoms with Crippen LogP contribution in [-0.4, -0.2) is 18.3 Å². The first-order valence-corrected chi connectivity index (χ1v) is 4.78. The molecule has 1 saturated heterocycles. The highest BCUT2D eigenvalue weighted by Crippen LogP contribution is 2.38. The summed E-state index contributed by atoms with van der Waals surface area (Å²) in [6.45, 7) is 12.3. The molecule has 1 fully saturated rings. The smallest absolute Gasteiger partial charge is 0.400 e. The Hall–Kier alpha value is -0.275. The topological polar surface area (TPSA) is 18.5 Å². The van der Waals surface area contributed by atoms with Gasteiger partial charge < -0.3 is 9.31 Å². The maximum atomic E-state index is 5.83. The van der Waals surface area contributed by atoms with E-state index in [4.69, 9.17) is 9.31 Å². The summed E-state index contributed by atoms with van der Waals surface area (Å²) in [5, 5.41) is 0. The summed E-state index contributed by atoms with van der Waals surface area (Å²) in [6.07, 6.45) is 2.03. The first-order chi connectivity index (χ1) is 5.80. The third-order valence-electron chi connectivity index (χ3n) is 3.08. The minimum atomic E-state index is -0.220. The fourth-order valence-electron chi connectivity index (χ4n) is 1.17. The van der Waals surface area contributed by atoms with Gasteiger partial charge in [-0.05, 0) is 47.0 Å². The molecule has 13 heavy (non-hydrogen) atoms. The van der Waals surface area contributed by atoms with Gasteiger partial charge >= 0.3 is 7.12 Å². The van der Waals surface area contributed by atoms with Gasteiger partial charge in [-0.25, -0.2) is 0 Å². The zero-order chi connectivity index (χ0) is 10.3. The Kier molecular flexibility index (Phi) is 2.61. The van der Waals surface area contributed by atoms with Crippen molar-refractivity contribution in [1.82, 2.24) is 0 Å². The molecule has 0 aromatic rings. The minimum Gasteiger partial charge on any atom is -0.400 e. The van der Waals surface area contributed by atoms with Gasteiger partial charge in [0.2, 0.25) is 0 Å². The molecule has 0 spiro atoms. The van der Waals surface area contributed by atoms with Crippen LogP contribution in [0.2, 0.25) is 0 Å². The second-order valence-corrected chi connectivity index (χ2v) is 4.62. The molecule has 0 radical (unpaired) electrons. The molecule has 1 heterocycles. The van der Waals surface area contributed by atoms with Crippen LogP contribution in [0.3, 0.4) is 0 Å². The highest BCUT2D eigenvalue weighted by molar-refractivity contribution is 6.54. The van der Waals surface area contributed by atoms with Crippen LogP contribution in [0.5, 0.6) is 0 Å². The molecule has 74 valence electrons. The summed E-state index contributed by atoms with van der Waals surface area (Å²) in [6, 6.07) is 0. The maximum absolute atomic E-state index is 5.83. The Labute approximate surface area is 81.4 Å². The van der Waals surface area contributed by atoms with E-state index in [2.05, 4.69) is 27.7 Å². The number of hydrogen-bond acceptors (Lipinski definition) is 2. The van der Waals surface area contributed by atoms with Gasteiger partial charge in [0.05, 0.1) is 11.2 Å². The Morgan fingerprint density at radius 2 is 1.46 bits per heavy atom. The molecule has 3 heteroatoms. The summed E-state index contributed by atoms with van der Waals surface area (Å²) in [5.74, 6) is 0. The highest BCUT2D eigenvalue weighted by Gasteiger charge is 2.51. The van der Waals surface area contributed by atoms with Crippen molar-refractivity contribution >= 4 is 7.12 Å². The number of rotatable bonds is 1. The Bertz CT molecular complexity index is 215. The summed E-state index contributed by atoms with van der Waals surface area (Å²) in [4.78, 5) is 0. The molecule has 0 aliphatic carbocycles. The summed E-state index contributed by atoms with van der Waals surface area (Å²) < 4.78 is 11.7. The first kappa shape index (κ1) is 10.8. The molecule has 1 aliphatic heterocycles. The van der Waals surface area contributed by atoms with Crippen molar-refractivity contribution in [2.24, 2.45) is 0 Å². The van der Waals surface area contributed by atoms with Crippen molar-refractivity contribution in [1.29, 1.82) is 0 Å². The van der Waals surface area contributed by atoms with Crippen molar-refractivity contribution in [3.63, 3.8) is 0 Å². The molecule has 1 rings (SSSR count). The third kappa shape index (κ3) is 1.81. The van der Waals surface area contributed by atoms with Crippen molar-refractivity contribution in [2.75, 3.05) is 0 Å². The zero-order valence-electron chi connectivity index (χ0n) is 9.47. The predicted molar refractivity (Wildman–Crippen MR) is 55.5 cm³/mol. The molecule has 0 amide bonds. The minimum absolute atomic E-state index is 0.171. The molecule has 0 bridgehead atoms. The normalized spacial score (nSPS) is 26.6. The second kappa shape index (κ2) is 3.14. The van der Waals surface area contributed by atoms with E-state index < -0.39 is 0 Å². The van der Waals surface area contributed by atoms with E-state index in [1.54, 1.807) is 0 Å². The fraction of sp³-hybridized carbons (Fsp3) is 0.800. The van der Waals surface area contributed by atoms with Gasteiger partial charge in [-0.15, -0.1) is 0 Å². The molecule has 0 aromatic carbocycles. The average molecular weight is 182 g/mol. The summed E-state index contributed by atoms with van der Waals surface area (Å²) in [7, 11) is -0.171. The van der Waals surface area contributed by atoms with Gasteiger partial charge in [0.25, 0.3) is 0 Å². The average Bonchev–Trinajstić information content (AvgIpc) is 2.20. The Morgan fingerprint density at radius 1 is 1.08 bits per heavy atom. The molecule has 2 nitrogen and oxygen atoms in total. The second-order valence-electron chi connectivity index (χ2n) is 4.62. The van der Waals surface area contributed by atoms with Gasteiger partial charge in [0, 0.05) is 0 Å². The van der Waals surface area contributed by atoms with Crippen LogP contribution in [0.15, 0.2) is 11.5 Å². The lowest BCUT2D eigenvalue weighted by Gasteiger charge is -2.32. The van der Waals surface area contributed by atoms with Crippen LogP contribution in [0.25, 0.3) is 0 Å². The lowest BCUT2D eigenvalue weighted by Crippen LogP contribution is -2.41. The molecular weight excluding hydrogens is 163 g/mol. The van der Waals surface area contributed by atoms with Crippen molar-refractivity contribution < 1.29 is 9.31 Å². The van der Waals surface area contributed by atoms with Crippen molar-refractivity contribution in [3.8, 4) is 0 Å². The maximum Gasteiger partial charge on any atom is 0.489 e. The molecular formula is C10H19BO2. The van der Waals surface area contributed by atoms with E-state index >= 15 is 0 Å². The lowest BCUT2D eigenvalue weighted by atomic mass is 9.79. The fourth-order valence-corrected chi connectivity index (χ4v) is 1.17. The predicted octanol–water partition coefficient (Wildman–Crippen LogP) is 2.58. The standard InChI is InChI=1S/C10H19BO2/c1-7-8(2)11-12-9(3,4)10(5,6)13-11/h7H,1-6H3. The molecule has 1 aliphatic rings. The molecule has 0 unspecified atom stereocenters. The van der Waals surface area contributed by atoms with Gasteiger partial charge in [-0.3, -0.25) is 0 Å². The van der Waals surface area contributed by atoms with Crippen LogP contribution in [0.4, 0.5) is 0 Å². The van der Waals surface area contributed by atoms with E-state index in [1.807, 2.05) is 19.9 Å². The van der Waals surface area contributed by atoms with Crippen molar-refractivity contribution in [2.45, 2.75) is 52.7 Å². The largest absolute Gasteiger partial charge is 0.489 e. The monoisotopic (exact) mass is 182 g/mol. The lowest BCUT2D eigenvalue weighted by molar-refractivity contribution is 0.00578. The van der Waals surface area contributed by atoms with E-state index in [9.17, 15) is 0 Å². The molecule has 0 saturated carbocycles. The molecule has 0 atom stereocenters. The zero-order valence-corrected chi connectivity index (χ0v) is 9.47. The van der Waals surface area contributed by atoms with Gasteiger partial charge in [-0.1, -0.05) is 6.08 Å². The SMILES string of the molecule is CC=C(C)B1OC(C)(C)C(C)(C)O1. The summed E-state index contributed by atoms with van der Waals surface area (Å²) in [5.41, 5.74) is 0.697. The van der Waals surface area contributed by atoms with E-state index in [-0.39, 0.29) is 18.3 Å². The van der Waals surface area contributed by atoms with Crippen LogP contribution in [0.1, 0.15) is 41.5 Å². The quantitative estimate of drug-likeness (QED) is 0.580. The highest BCUT2D eigenvalue weighted by atomic mass is 16.7. The molecule has 0 aromatic heterocycles. The van der Waals surface area contributed by atoms with E-state index in [0.29, 0.717) is 0 Å². The molecule has 0 N–H and O–H groups in total. The van der Waals surface area contributed by atoms with Crippen LogP contribution in [-0.2, 0) is 9.31 Å². The van der Waals surface area contributed by atoms with Gasteiger partial charge in [0.15, 0.2) is 0 Å². The number of hydrogen-bond donors (Lipinski definition) is 0.